The molecule has 0 saturated heterocycles. The van der Waals surface area contributed by atoms with Crippen LogP contribution in [0.2, 0.25) is 0 Å². The lowest BCUT2D eigenvalue weighted by atomic mass is 10.0. The Kier molecular flexibility index (Phi) is 6.29. The number of amides is 2. The van der Waals surface area contributed by atoms with Crippen molar-refractivity contribution in [1.82, 2.24) is 15.6 Å². The lowest BCUT2D eigenvalue weighted by molar-refractivity contribution is -0.148. The van der Waals surface area contributed by atoms with Gasteiger partial charge in [-0.15, -0.1) is 0 Å². The SMILES string of the molecule is COC(CNC(=O)C(Cc1c[nH]c2cc(F)ccc12)NC(C)=O)C(=O)O. The first kappa shape index (κ1) is 19.4. The van der Waals surface area contributed by atoms with Crippen molar-refractivity contribution in [2.24, 2.45) is 0 Å². The molecule has 2 aromatic rings. The third-order valence-corrected chi connectivity index (χ3v) is 3.87. The van der Waals surface area contributed by atoms with E-state index in [1.165, 1.54) is 26.2 Å². The lowest BCUT2D eigenvalue weighted by Gasteiger charge is -2.19. The molecule has 2 atom stereocenters. The van der Waals surface area contributed by atoms with Crippen molar-refractivity contribution < 1.29 is 28.6 Å². The summed E-state index contributed by atoms with van der Waals surface area (Å²) in [5.41, 5.74) is 1.29. The van der Waals surface area contributed by atoms with Gasteiger partial charge in [0, 0.05) is 37.6 Å². The van der Waals surface area contributed by atoms with Crippen LogP contribution in [-0.2, 0) is 25.5 Å². The van der Waals surface area contributed by atoms with E-state index >= 15 is 0 Å². The van der Waals surface area contributed by atoms with Gasteiger partial charge in [0.05, 0.1) is 6.54 Å². The number of ether oxygens (including phenoxy) is 1. The zero-order valence-electron chi connectivity index (χ0n) is 14.3. The summed E-state index contributed by atoms with van der Waals surface area (Å²) in [4.78, 5) is 37.7. The molecule has 2 amide bonds. The lowest BCUT2D eigenvalue weighted by Crippen LogP contribution is -2.49. The molecule has 9 heteroatoms. The smallest absolute Gasteiger partial charge is 0.334 e. The average molecular weight is 365 g/mol. The van der Waals surface area contributed by atoms with Crippen molar-refractivity contribution in [1.29, 1.82) is 0 Å². The van der Waals surface area contributed by atoms with Gasteiger partial charge in [-0.25, -0.2) is 9.18 Å². The fourth-order valence-electron chi connectivity index (χ4n) is 2.59. The number of fused-ring (bicyclic) bond motifs is 1. The molecule has 4 N–H and O–H groups in total. The molecule has 1 aromatic carbocycles. The Labute approximate surface area is 148 Å². The number of aromatic amines is 1. The zero-order valence-corrected chi connectivity index (χ0v) is 14.3. The summed E-state index contributed by atoms with van der Waals surface area (Å²) in [5.74, 6) is -2.54. The second-order valence-corrected chi connectivity index (χ2v) is 5.77. The van der Waals surface area contributed by atoms with Crippen LogP contribution in [0.3, 0.4) is 0 Å². The average Bonchev–Trinajstić information content (AvgIpc) is 2.95. The quantitative estimate of drug-likeness (QED) is 0.545. The second-order valence-electron chi connectivity index (χ2n) is 5.77. The Morgan fingerprint density at radius 1 is 1.35 bits per heavy atom. The summed E-state index contributed by atoms with van der Waals surface area (Å²) in [7, 11) is 1.22. The molecular formula is C17H20FN3O5. The van der Waals surface area contributed by atoms with Gasteiger partial charge < -0.3 is 25.5 Å². The predicted octanol–water partition coefficient (Wildman–Crippen LogP) is 0.570. The number of carbonyl (C=O) groups excluding carboxylic acids is 2. The summed E-state index contributed by atoms with van der Waals surface area (Å²) in [6, 6.07) is 3.32. The van der Waals surface area contributed by atoms with Crippen LogP contribution in [0.5, 0.6) is 0 Å². The largest absolute Gasteiger partial charge is 0.479 e. The highest BCUT2D eigenvalue weighted by Gasteiger charge is 2.24. The van der Waals surface area contributed by atoms with E-state index in [4.69, 9.17) is 9.84 Å². The van der Waals surface area contributed by atoms with Crippen LogP contribution in [0.1, 0.15) is 12.5 Å². The maximum absolute atomic E-state index is 13.3. The summed E-state index contributed by atoms with van der Waals surface area (Å²) >= 11 is 0. The van der Waals surface area contributed by atoms with Crippen LogP contribution in [-0.4, -0.2) is 53.7 Å². The molecule has 1 aromatic heterocycles. The van der Waals surface area contributed by atoms with E-state index in [1.807, 2.05) is 0 Å². The number of methoxy groups -OCH3 is 1. The molecule has 2 rings (SSSR count). The van der Waals surface area contributed by atoms with Crippen LogP contribution >= 0.6 is 0 Å². The molecule has 0 aliphatic rings. The summed E-state index contributed by atoms with van der Waals surface area (Å²) < 4.78 is 18.0. The minimum atomic E-state index is -1.21. The van der Waals surface area contributed by atoms with E-state index in [2.05, 4.69) is 15.6 Å². The normalized spacial score (nSPS) is 13.2. The summed E-state index contributed by atoms with van der Waals surface area (Å²) in [6.45, 7) is 1.04. The molecule has 0 spiro atoms. The van der Waals surface area contributed by atoms with Gasteiger partial charge in [-0.3, -0.25) is 9.59 Å². The number of benzene rings is 1. The molecule has 0 aliphatic carbocycles. The molecule has 8 nitrogen and oxygen atoms in total. The number of nitrogens with one attached hydrogen (secondary N) is 3. The van der Waals surface area contributed by atoms with Crippen molar-refractivity contribution in [3.8, 4) is 0 Å². The van der Waals surface area contributed by atoms with Gasteiger partial charge in [0.1, 0.15) is 11.9 Å². The molecule has 0 radical (unpaired) electrons. The monoisotopic (exact) mass is 365 g/mol. The van der Waals surface area contributed by atoms with Crippen LogP contribution < -0.4 is 10.6 Å². The Bertz CT molecular complexity index is 820. The summed E-state index contributed by atoms with van der Waals surface area (Å²) in [5, 5.41) is 14.7. The fraction of sp³-hybridized carbons (Fsp3) is 0.353. The van der Waals surface area contributed by atoms with Crippen molar-refractivity contribution >= 4 is 28.7 Å². The Morgan fingerprint density at radius 2 is 2.08 bits per heavy atom. The minimum absolute atomic E-state index is 0.155. The van der Waals surface area contributed by atoms with Crippen molar-refractivity contribution in [3.63, 3.8) is 0 Å². The van der Waals surface area contributed by atoms with Crippen LogP contribution in [0.15, 0.2) is 24.4 Å². The first-order chi connectivity index (χ1) is 12.3. The predicted molar refractivity (Wildman–Crippen MR) is 91.0 cm³/mol. The molecule has 0 saturated carbocycles. The Balaban J connectivity index is 2.14. The number of aromatic nitrogens is 1. The van der Waals surface area contributed by atoms with Crippen LogP contribution in [0.4, 0.5) is 4.39 Å². The third kappa shape index (κ3) is 4.79. The molecule has 0 aliphatic heterocycles. The van der Waals surface area contributed by atoms with Gasteiger partial charge in [0.15, 0.2) is 6.10 Å². The number of H-pyrrole nitrogens is 1. The number of carboxylic acid groups (broad SMARTS) is 1. The topological polar surface area (TPSA) is 121 Å². The first-order valence-corrected chi connectivity index (χ1v) is 7.87. The minimum Gasteiger partial charge on any atom is -0.479 e. The number of carboxylic acids is 1. The molecule has 2 unspecified atom stereocenters. The number of aliphatic carboxylic acids is 1. The standard InChI is InChI=1S/C17H20FN3O5/c1-9(22)21-14(16(23)20-8-15(26-2)17(24)25)5-10-7-19-13-6-11(18)3-4-12(10)13/h3-4,6-7,14-15,19H,5,8H2,1-2H3,(H,20,23)(H,21,22)(H,24,25). The Hall–Kier alpha value is -2.94. The number of halogens is 1. The van der Waals surface area contributed by atoms with E-state index in [0.29, 0.717) is 5.52 Å². The fourth-order valence-corrected chi connectivity index (χ4v) is 2.59. The first-order valence-electron chi connectivity index (χ1n) is 7.87. The highest BCUT2D eigenvalue weighted by atomic mass is 19.1. The number of hydrogen-bond donors (Lipinski definition) is 4. The van der Waals surface area contributed by atoms with E-state index in [-0.39, 0.29) is 18.8 Å². The van der Waals surface area contributed by atoms with Gasteiger partial charge >= 0.3 is 5.97 Å². The maximum Gasteiger partial charge on any atom is 0.334 e. The summed E-state index contributed by atoms with van der Waals surface area (Å²) in [6.07, 6.45) is 0.608. The van der Waals surface area contributed by atoms with Crippen molar-refractivity contribution in [2.45, 2.75) is 25.5 Å². The van der Waals surface area contributed by atoms with Gasteiger partial charge in [-0.2, -0.15) is 0 Å². The Morgan fingerprint density at radius 3 is 2.69 bits per heavy atom. The van der Waals surface area contributed by atoms with Gasteiger partial charge in [-0.1, -0.05) is 0 Å². The highest BCUT2D eigenvalue weighted by Crippen LogP contribution is 2.20. The zero-order chi connectivity index (χ0) is 19.3. The third-order valence-electron chi connectivity index (χ3n) is 3.87. The van der Waals surface area contributed by atoms with Crippen molar-refractivity contribution in [3.05, 3.63) is 35.8 Å². The highest BCUT2D eigenvalue weighted by molar-refractivity contribution is 5.89. The van der Waals surface area contributed by atoms with Gasteiger partial charge in [0.25, 0.3) is 0 Å². The molecule has 0 fully saturated rings. The molecule has 1 heterocycles. The number of hydrogen-bond acceptors (Lipinski definition) is 4. The molecular weight excluding hydrogens is 345 g/mol. The van der Waals surface area contributed by atoms with E-state index in [1.54, 1.807) is 12.3 Å². The van der Waals surface area contributed by atoms with E-state index in [0.717, 1.165) is 10.9 Å². The van der Waals surface area contributed by atoms with Crippen molar-refractivity contribution in [2.75, 3.05) is 13.7 Å². The van der Waals surface area contributed by atoms with Crippen LogP contribution in [0.25, 0.3) is 10.9 Å². The maximum atomic E-state index is 13.3. The molecule has 140 valence electrons. The van der Waals surface area contributed by atoms with Gasteiger partial charge in [0.2, 0.25) is 11.8 Å². The second kappa shape index (κ2) is 8.43. The molecule has 26 heavy (non-hydrogen) atoms. The van der Waals surface area contributed by atoms with Crippen LogP contribution in [0, 0.1) is 5.82 Å². The van der Waals surface area contributed by atoms with E-state index in [9.17, 15) is 18.8 Å². The van der Waals surface area contributed by atoms with Gasteiger partial charge in [-0.05, 0) is 23.8 Å². The van der Waals surface area contributed by atoms with E-state index < -0.39 is 29.9 Å². The number of carbonyl (C=O) groups is 3. The number of rotatable bonds is 8. The molecule has 0 bridgehead atoms.